The second-order valence-corrected chi connectivity index (χ2v) is 4.86. The minimum atomic E-state index is 0.377. The van der Waals surface area contributed by atoms with Gasteiger partial charge in [-0.1, -0.05) is 0 Å². The number of nitrogens with two attached hydrogens (primary N) is 1. The number of hydrogen-bond acceptors (Lipinski definition) is 4. The van der Waals surface area contributed by atoms with Crippen molar-refractivity contribution in [2.75, 3.05) is 13.7 Å². The predicted molar refractivity (Wildman–Crippen MR) is 65.8 cm³/mol. The summed E-state index contributed by atoms with van der Waals surface area (Å²) in [6.45, 7) is 3.55. The second-order valence-electron chi connectivity index (χ2n) is 4.86. The van der Waals surface area contributed by atoms with Crippen LogP contribution in [0.5, 0.6) is 0 Å². The second kappa shape index (κ2) is 5.60. The van der Waals surface area contributed by atoms with Crippen molar-refractivity contribution in [3.63, 3.8) is 0 Å². The molecule has 5 heteroatoms. The van der Waals surface area contributed by atoms with Crippen LogP contribution in [0.2, 0.25) is 0 Å². The average molecular weight is 238 g/mol. The summed E-state index contributed by atoms with van der Waals surface area (Å²) in [5, 5.41) is 8.52. The van der Waals surface area contributed by atoms with Crippen LogP contribution in [-0.4, -0.2) is 34.5 Å². The Balaban J connectivity index is 2.09. The number of hydrogen-bond donors (Lipinski definition) is 1. The fourth-order valence-electron chi connectivity index (χ4n) is 2.54. The monoisotopic (exact) mass is 238 g/mol. The molecule has 0 bridgehead atoms. The highest BCUT2D eigenvalue weighted by molar-refractivity contribution is 5.03. The Hall–Kier alpha value is -0.940. The van der Waals surface area contributed by atoms with Gasteiger partial charge in [-0.05, 0) is 32.6 Å². The highest BCUT2D eigenvalue weighted by Crippen LogP contribution is 2.31. The topological polar surface area (TPSA) is 66.0 Å². The minimum Gasteiger partial charge on any atom is -0.383 e. The Morgan fingerprint density at radius 3 is 2.65 bits per heavy atom. The molecule has 0 aliphatic heterocycles. The Labute approximate surface area is 102 Å². The van der Waals surface area contributed by atoms with Crippen LogP contribution in [0.4, 0.5) is 0 Å². The van der Waals surface area contributed by atoms with Gasteiger partial charge in [-0.2, -0.15) is 0 Å². The van der Waals surface area contributed by atoms with E-state index in [1.54, 1.807) is 7.11 Å². The van der Waals surface area contributed by atoms with Gasteiger partial charge in [0.15, 0.2) is 0 Å². The van der Waals surface area contributed by atoms with Crippen LogP contribution in [0.25, 0.3) is 0 Å². The molecule has 0 aromatic carbocycles. The fourth-order valence-corrected chi connectivity index (χ4v) is 2.54. The van der Waals surface area contributed by atoms with E-state index in [4.69, 9.17) is 10.5 Å². The normalized spacial score (nSPS) is 25.1. The molecule has 5 nitrogen and oxygen atoms in total. The third-order valence-corrected chi connectivity index (χ3v) is 3.62. The molecule has 1 aromatic heterocycles. The van der Waals surface area contributed by atoms with Crippen molar-refractivity contribution in [2.24, 2.45) is 5.73 Å². The first-order valence-electron chi connectivity index (χ1n) is 6.36. The maximum atomic E-state index is 5.94. The summed E-state index contributed by atoms with van der Waals surface area (Å²) in [4.78, 5) is 0. The van der Waals surface area contributed by atoms with Crippen LogP contribution in [-0.2, 0) is 11.3 Å². The van der Waals surface area contributed by atoms with Crippen molar-refractivity contribution >= 4 is 0 Å². The number of nitrogens with zero attached hydrogens (tertiary/aromatic N) is 3. The molecule has 0 atom stereocenters. The maximum absolute atomic E-state index is 5.94. The maximum Gasteiger partial charge on any atom is 0.136 e. The van der Waals surface area contributed by atoms with Gasteiger partial charge in [0.25, 0.3) is 0 Å². The first-order chi connectivity index (χ1) is 8.22. The molecule has 0 amide bonds. The molecule has 0 radical (unpaired) electrons. The molecule has 0 spiro atoms. The third kappa shape index (κ3) is 2.84. The molecular weight excluding hydrogens is 216 g/mol. The lowest BCUT2D eigenvalue weighted by Crippen LogP contribution is -2.27. The van der Waals surface area contributed by atoms with E-state index in [2.05, 4.69) is 14.8 Å². The van der Waals surface area contributed by atoms with Crippen molar-refractivity contribution in [1.82, 2.24) is 14.8 Å². The molecule has 2 rings (SSSR count). The lowest BCUT2D eigenvalue weighted by Gasteiger charge is -2.25. The van der Waals surface area contributed by atoms with Crippen molar-refractivity contribution in [2.45, 2.75) is 51.1 Å². The van der Waals surface area contributed by atoms with Gasteiger partial charge in [-0.3, -0.25) is 0 Å². The van der Waals surface area contributed by atoms with E-state index in [-0.39, 0.29) is 0 Å². The first-order valence-corrected chi connectivity index (χ1v) is 6.36. The van der Waals surface area contributed by atoms with Crippen molar-refractivity contribution in [3.05, 3.63) is 11.6 Å². The van der Waals surface area contributed by atoms with Crippen LogP contribution in [0.1, 0.15) is 43.3 Å². The van der Waals surface area contributed by atoms with Gasteiger partial charge in [-0.15, -0.1) is 10.2 Å². The molecule has 0 saturated heterocycles. The highest BCUT2D eigenvalue weighted by Gasteiger charge is 2.24. The van der Waals surface area contributed by atoms with E-state index in [1.807, 2.05) is 6.92 Å². The van der Waals surface area contributed by atoms with Crippen LogP contribution in [0.3, 0.4) is 0 Å². The quantitative estimate of drug-likeness (QED) is 0.856. The molecular formula is C12H22N4O. The number of rotatable bonds is 4. The highest BCUT2D eigenvalue weighted by atomic mass is 16.5. The summed E-state index contributed by atoms with van der Waals surface area (Å²) in [5.74, 6) is 2.62. The summed E-state index contributed by atoms with van der Waals surface area (Å²) < 4.78 is 7.32. The fraction of sp³-hybridized carbons (Fsp3) is 0.833. The molecule has 1 aromatic rings. The predicted octanol–water partition coefficient (Wildman–Crippen LogP) is 1.22. The first kappa shape index (κ1) is 12.5. The molecule has 1 aliphatic rings. The summed E-state index contributed by atoms with van der Waals surface area (Å²) in [5.41, 5.74) is 5.94. The Morgan fingerprint density at radius 1 is 1.29 bits per heavy atom. The SMILES string of the molecule is COCCn1c(C)nnc1C1CCC(N)CC1. The summed E-state index contributed by atoms with van der Waals surface area (Å²) in [7, 11) is 1.72. The van der Waals surface area contributed by atoms with Gasteiger partial charge in [0, 0.05) is 25.6 Å². The molecule has 2 N–H and O–H groups in total. The minimum absolute atomic E-state index is 0.377. The van der Waals surface area contributed by atoms with E-state index in [0.717, 1.165) is 43.9 Å². The molecule has 17 heavy (non-hydrogen) atoms. The van der Waals surface area contributed by atoms with Crippen molar-refractivity contribution in [3.8, 4) is 0 Å². The van der Waals surface area contributed by atoms with Gasteiger partial charge < -0.3 is 15.0 Å². The van der Waals surface area contributed by atoms with E-state index in [1.165, 1.54) is 0 Å². The van der Waals surface area contributed by atoms with E-state index >= 15 is 0 Å². The van der Waals surface area contributed by atoms with E-state index < -0.39 is 0 Å². The zero-order valence-electron chi connectivity index (χ0n) is 10.7. The van der Waals surface area contributed by atoms with Gasteiger partial charge in [0.1, 0.15) is 11.6 Å². The number of aryl methyl sites for hydroxylation is 1. The van der Waals surface area contributed by atoms with Crippen LogP contribution in [0.15, 0.2) is 0 Å². The Bertz CT molecular complexity index is 355. The molecule has 1 fully saturated rings. The Kier molecular flexibility index (Phi) is 4.12. The lowest BCUT2D eigenvalue weighted by molar-refractivity contribution is 0.184. The molecule has 1 saturated carbocycles. The molecule has 1 heterocycles. The van der Waals surface area contributed by atoms with Crippen molar-refractivity contribution < 1.29 is 4.74 Å². The van der Waals surface area contributed by atoms with Crippen molar-refractivity contribution in [1.29, 1.82) is 0 Å². The lowest BCUT2D eigenvalue weighted by atomic mass is 9.86. The number of ether oxygens (including phenoxy) is 1. The van der Waals surface area contributed by atoms with E-state index in [9.17, 15) is 0 Å². The molecule has 96 valence electrons. The van der Waals surface area contributed by atoms with Crippen LogP contribution < -0.4 is 5.73 Å². The number of aromatic nitrogens is 3. The largest absolute Gasteiger partial charge is 0.383 e. The summed E-state index contributed by atoms with van der Waals surface area (Å²) in [6, 6.07) is 0.377. The smallest absolute Gasteiger partial charge is 0.136 e. The third-order valence-electron chi connectivity index (χ3n) is 3.62. The average Bonchev–Trinajstić information content (AvgIpc) is 2.69. The molecule has 0 unspecified atom stereocenters. The van der Waals surface area contributed by atoms with Gasteiger partial charge in [0.2, 0.25) is 0 Å². The summed E-state index contributed by atoms with van der Waals surface area (Å²) in [6.07, 6.45) is 4.46. The van der Waals surface area contributed by atoms with E-state index in [0.29, 0.717) is 18.6 Å². The van der Waals surface area contributed by atoms with Gasteiger partial charge in [-0.25, -0.2) is 0 Å². The molecule has 1 aliphatic carbocycles. The van der Waals surface area contributed by atoms with Crippen LogP contribution >= 0.6 is 0 Å². The summed E-state index contributed by atoms with van der Waals surface area (Å²) >= 11 is 0. The number of methoxy groups -OCH3 is 1. The zero-order chi connectivity index (χ0) is 12.3. The Morgan fingerprint density at radius 2 is 2.00 bits per heavy atom. The van der Waals surface area contributed by atoms with Gasteiger partial charge >= 0.3 is 0 Å². The standard InChI is InChI=1S/C12H22N4O/c1-9-14-15-12(16(9)7-8-17-2)10-3-5-11(13)6-4-10/h10-11H,3-8,13H2,1-2H3. The zero-order valence-corrected chi connectivity index (χ0v) is 10.7. The van der Waals surface area contributed by atoms with Crippen LogP contribution in [0, 0.1) is 6.92 Å². The van der Waals surface area contributed by atoms with Gasteiger partial charge in [0.05, 0.1) is 6.61 Å².